The molecule has 8 heteroatoms. The molecule has 1 aliphatic rings. The molecule has 4 rings (SSSR count). The van der Waals surface area contributed by atoms with Crippen molar-refractivity contribution >= 4 is 29.1 Å². The molecule has 2 aromatic carbocycles. The van der Waals surface area contributed by atoms with Crippen LogP contribution in [0.5, 0.6) is 0 Å². The van der Waals surface area contributed by atoms with E-state index in [1.165, 1.54) is 29.2 Å². The predicted molar refractivity (Wildman–Crippen MR) is 112 cm³/mol. The van der Waals surface area contributed by atoms with Crippen molar-refractivity contribution in [1.29, 1.82) is 0 Å². The van der Waals surface area contributed by atoms with Crippen LogP contribution in [0, 0.1) is 12.7 Å². The Morgan fingerprint density at radius 2 is 1.87 bits per heavy atom. The number of nitrogens with zero attached hydrogens (tertiary/aromatic N) is 3. The van der Waals surface area contributed by atoms with E-state index in [1.807, 2.05) is 12.1 Å². The molecule has 1 aliphatic heterocycles. The fraction of sp³-hybridized carbons (Fsp3) is 0.227. The predicted octanol–water partition coefficient (Wildman–Crippen LogP) is 3.72. The molecule has 3 aromatic rings. The van der Waals surface area contributed by atoms with E-state index in [2.05, 4.69) is 10.4 Å². The zero-order valence-corrected chi connectivity index (χ0v) is 17.3. The monoisotopic (exact) mass is 426 g/mol. The summed E-state index contributed by atoms with van der Waals surface area (Å²) in [6, 6.07) is 14.4. The first-order valence-corrected chi connectivity index (χ1v) is 9.83. The molecule has 0 unspecified atom stereocenters. The lowest BCUT2D eigenvalue weighted by molar-refractivity contribution is -0.126. The molecule has 0 fully saturated rings. The molecule has 0 bridgehead atoms. The van der Waals surface area contributed by atoms with Crippen LogP contribution >= 0.6 is 11.6 Å². The molecule has 1 atom stereocenters. The summed E-state index contributed by atoms with van der Waals surface area (Å²) in [5.74, 6) is -1.12. The lowest BCUT2D eigenvalue weighted by atomic mass is 9.94. The van der Waals surface area contributed by atoms with Gasteiger partial charge >= 0.3 is 0 Å². The zero-order valence-electron chi connectivity index (χ0n) is 16.5. The maximum Gasteiger partial charge on any atom is 0.277 e. The van der Waals surface area contributed by atoms with Crippen LogP contribution in [0.1, 0.15) is 28.7 Å². The highest BCUT2D eigenvalue weighted by atomic mass is 35.5. The standard InChI is InChI=1S/C22H20ClFN4O2/c1-14-11-19-20(29)28(18-9-7-17(24)8-10-18)22(2,13-27(19)26-14)21(30)25-12-15-3-5-16(23)6-4-15/h3-11H,12-13H2,1-2H3,(H,25,30)/t22-/m1/s1. The van der Waals surface area contributed by atoms with Crippen molar-refractivity contribution in [2.24, 2.45) is 0 Å². The molecule has 1 aromatic heterocycles. The number of fused-ring (bicyclic) bond motifs is 1. The highest BCUT2D eigenvalue weighted by Crippen LogP contribution is 2.33. The van der Waals surface area contributed by atoms with Crippen LogP contribution in [0.15, 0.2) is 54.6 Å². The average molecular weight is 427 g/mol. The second-order valence-electron chi connectivity index (χ2n) is 7.53. The van der Waals surface area contributed by atoms with Gasteiger partial charge < -0.3 is 5.32 Å². The molecular formula is C22H20ClFN4O2. The number of amides is 2. The van der Waals surface area contributed by atoms with Crippen LogP contribution < -0.4 is 10.2 Å². The Morgan fingerprint density at radius 1 is 1.20 bits per heavy atom. The van der Waals surface area contributed by atoms with Crippen LogP contribution in [0.4, 0.5) is 10.1 Å². The topological polar surface area (TPSA) is 67.2 Å². The van der Waals surface area contributed by atoms with Gasteiger partial charge in [-0.05, 0) is 61.9 Å². The van der Waals surface area contributed by atoms with E-state index in [9.17, 15) is 14.0 Å². The molecule has 0 saturated heterocycles. The van der Waals surface area contributed by atoms with Crippen molar-refractivity contribution in [1.82, 2.24) is 15.1 Å². The number of aromatic nitrogens is 2. The van der Waals surface area contributed by atoms with E-state index in [0.717, 1.165) is 5.56 Å². The van der Waals surface area contributed by atoms with Crippen LogP contribution in [0.2, 0.25) is 5.02 Å². The minimum absolute atomic E-state index is 0.172. The van der Waals surface area contributed by atoms with Crippen molar-refractivity contribution < 1.29 is 14.0 Å². The molecule has 0 saturated carbocycles. The Hall–Kier alpha value is -3.19. The summed E-state index contributed by atoms with van der Waals surface area (Å²) in [7, 11) is 0. The van der Waals surface area contributed by atoms with Crippen LogP contribution in [-0.4, -0.2) is 27.1 Å². The summed E-state index contributed by atoms with van der Waals surface area (Å²) in [6.45, 7) is 3.93. The summed E-state index contributed by atoms with van der Waals surface area (Å²) in [6.07, 6.45) is 0. The first-order chi connectivity index (χ1) is 14.3. The van der Waals surface area contributed by atoms with E-state index < -0.39 is 11.4 Å². The number of benzene rings is 2. The summed E-state index contributed by atoms with van der Waals surface area (Å²) in [4.78, 5) is 28.1. The normalized spacial score (nSPS) is 18.3. The molecule has 154 valence electrons. The van der Waals surface area contributed by atoms with Crippen molar-refractivity contribution in [2.45, 2.75) is 32.5 Å². The van der Waals surface area contributed by atoms with Crippen LogP contribution in [0.25, 0.3) is 0 Å². The quantitative estimate of drug-likeness (QED) is 0.691. The Labute approximate surface area is 178 Å². The van der Waals surface area contributed by atoms with Gasteiger partial charge in [0.2, 0.25) is 5.91 Å². The van der Waals surface area contributed by atoms with E-state index in [4.69, 9.17) is 11.6 Å². The van der Waals surface area contributed by atoms with Crippen molar-refractivity contribution in [3.63, 3.8) is 0 Å². The van der Waals surface area contributed by atoms with Crippen molar-refractivity contribution in [3.05, 3.63) is 82.4 Å². The molecule has 1 N–H and O–H groups in total. The van der Waals surface area contributed by atoms with Gasteiger partial charge in [0, 0.05) is 17.3 Å². The lowest BCUT2D eigenvalue weighted by Gasteiger charge is -2.43. The number of aryl methyl sites for hydroxylation is 1. The summed E-state index contributed by atoms with van der Waals surface area (Å²) in [5.41, 5.74) is 1.13. The van der Waals surface area contributed by atoms with Gasteiger partial charge in [-0.2, -0.15) is 5.10 Å². The highest BCUT2D eigenvalue weighted by molar-refractivity contribution is 6.30. The summed E-state index contributed by atoms with van der Waals surface area (Å²) >= 11 is 5.91. The second kappa shape index (κ2) is 7.57. The molecule has 0 radical (unpaired) electrons. The van der Waals surface area contributed by atoms with Crippen molar-refractivity contribution in [2.75, 3.05) is 4.90 Å². The number of hydrogen-bond acceptors (Lipinski definition) is 3. The Kier molecular flexibility index (Phi) is 5.07. The fourth-order valence-corrected chi connectivity index (χ4v) is 3.81. The molecule has 2 heterocycles. The number of hydrogen-bond donors (Lipinski definition) is 1. The third-order valence-electron chi connectivity index (χ3n) is 5.22. The fourth-order valence-electron chi connectivity index (χ4n) is 3.68. The maximum atomic E-state index is 13.5. The minimum Gasteiger partial charge on any atom is -0.350 e. The van der Waals surface area contributed by atoms with Crippen LogP contribution in [-0.2, 0) is 17.9 Å². The second-order valence-corrected chi connectivity index (χ2v) is 7.97. The number of carbonyl (C=O) groups is 2. The van der Waals surface area contributed by atoms with Crippen LogP contribution in [0.3, 0.4) is 0 Å². The molecule has 0 aliphatic carbocycles. The van der Waals surface area contributed by atoms with Gasteiger partial charge in [0.05, 0.1) is 12.2 Å². The first kappa shape index (κ1) is 20.1. The molecular weight excluding hydrogens is 407 g/mol. The first-order valence-electron chi connectivity index (χ1n) is 9.45. The molecule has 30 heavy (non-hydrogen) atoms. The van der Waals surface area contributed by atoms with Crippen molar-refractivity contribution in [3.8, 4) is 0 Å². The van der Waals surface area contributed by atoms with Gasteiger partial charge in [0.25, 0.3) is 5.91 Å². The summed E-state index contributed by atoms with van der Waals surface area (Å²) < 4.78 is 15.0. The van der Waals surface area contributed by atoms with Gasteiger partial charge in [-0.1, -0.05) is 23.7 Å². The SMILES string of the molecule is Cc1cc2n(n1)C[C@](C)(C(=O)NCc1ccc(Cl)cc1)N(c1ccc(F)cc1)C2=O. The summed E-state index contributed by atoms with van der Waals surface area (Å²) in [5, 5.41) is 7.88. The van der Waals surface area contributed by atoms with Gasteiger partial charge in [-0.25, -0.2) is 4.39 Å². The maximum absolute atomic E-state index is 13.5. The number of halogens is 2. The third kappa shape index (κ3) is 3.57. The van der Waals surface area contributed by atoms with Gasteiger partial charge in [0.15, 0.2) is 0 Å². The highest BCUT2D eigenvalue weighted by Gasteiger charge is 2.48. The number of carbonyl (C=O) groups excluding carboxylic acids is 2. The third-order valence-corrected chi connectivity index (χ3v) is 5.47. The largest absolute Gasteiger partial charge is 0.350 e. The van der Waals surface area contributed by atoms with Gasteiger partial charge in [-0.3, -0.25) is 19.2 Å². The van der Waals surface area contributed by atoms with E-state index in [-0.39, 0.29) is 24.9 Å². The Balaban J connectivity index is 1.69. The zero-order chi connectivity index (χ0) is 21.5. The number of nitrogens with one attached hydrogen (secondary N) is 1. The lowest BCUT2D eigenvalue weighted by Crippen LogP contribution is -2.64. The Bertz CT molecular complexity index is 1110. The number of rotatable bonds is 4. The Morgan fingerprint density at radius 3 is 2.53 bits per heavy atom. The van der Waals surface area contributed by atoms with Gasteiger partial charge in [0.1, 0.15) is 17.1 Å². The molecule has 2 amide bonds. The average Bonchev–Trinajstić information content (AvgIpc) is 3.09. The van der Waals surface area contributed by atoms with Gasteiger partial charge in [-0.15, -0.1) is 0 Å². The number of anilines is 1. The van der Waals surface area contributed by atoms with E-state index in [1.54, 1.807) is 36.7 Å². The molecule has 0 spiro atoms. The van der Waals surface area contributed by atoms with E-state index in [0.29, 0.717) is 22.1 Å². The molecule has 6 nitrogen and oxygen atoms in total. The van der Waals surface area contributed by atoms with E-state index >= 15 is 0 Å². The smallest absolute Gasteiger partial charge is 0.277 e. The minimum atomic E-state index is -1.26.